The Morgan fingerprint density at radius 3 is 2.87 bits per heavy atom. The minimum Gasteiger partial charge on any atom is -0.361 e. The van der Waals surface area contributed by atoms with Gasteiger partial charge in [0, 0.05) is 23.1 Å². The van der Waals surface area contributed by atoms with Gasteiger partial charge in [0.25, 0.3) is 0 Å². The fourth-order valence-electron chi connectivity index (χ4n) is 1.89. The van der Waals surface area contributed by atoms with Crippen LogP contribution in [0.4, 0.5) is 0 Å². The predicted molar refractivity (Wildman–Crippen MR) is 63.5 cm³/mol. The van der Waals surface area contributed by atoms with Crippen LogP contribution in [0.3, 0.4) is 0 Å². The van der Waals surface area contributed by atoms with E-state index in [1.165, 1.54) is 10.9 Å². The standard InChI is InChI=1S/C12H17N3/c13-7-3-5-11(14)10-8-15-12-6-2-1-4-9(10)12/h1-2,4,6,8,11,15H,3,5,7,13-14H2. The van der Waals surface area contributed by atoms with Gasteiger partial charge in [0.15, 0.2) is 0 Å². The van der Waals surface area contributed by atoms with Crippen LogP contribution in [-0.4, -0.2) is 11.5 Å². The molecule has 5 N–H and O–H groups in total. The molecule has 1 aromatic carbocycles. The van der Waals surface area contributed by atoms with E-state index in [2.05, 4.69) is 17.1 Å². The van der Waals surface area contributed by atoms with E-state index in [4.69, 9.17) is 11.5 Å². The third kappa shape index (κ3) is 2.03. The highest BCUT2D eigenvalue weighted by Crippen LogP contribution is 2.24. The molecule has 0 saturated heterocycles. The molecule has 1 heterocycles. The van der Waals surface area contributed by atoms with Crippen molar-refractivity contribution in [3.05, 3.63) is 36.0 Å². The van der Waals surface area contributed by atoms with Crippen molar-refractivity contribution in [3.63, 3.8) is 0 Å². The Balaban J connectivity index is 2.27. The summed E-state index contributed by atoms with van der Waals surface area (Å²) in [7, 11) is 0. The van der Waals surface area contributed by atoms with Gasteiger partial charge in [-0.25, -0.2) is 0 Å². The number of benzene rings is 1. The Hall–Kier alpha value is -1.32. The maximum absolute atomic E-state index is 6.12. The lowest BCUT2D eigenvalue weighted by molar-refractivity contribution is 0.621. The lowest BCUT2D eigenvalue weighted by Crippen LogP contribution is -2.12. The number of para-hydroxylation sites is 1. The van der Waals surface area contributed by atoms with Crippen molar-refractivity contribution in [2.24, 2.45) is 11.5 Å². The van der Waals surface area contributed by atoms with Gasteiger partial charge < -0.3 is 16.5 Å². The monoisotopic (exact) mass is 203 g/mol. The first-order chi connectivity index (χ1) is 7.33. The average Bonchev–Trinajstić information content (AvgIpc) is 2.69. The van der Waals surface area contributed by atoms with Crippen LogP contribution in [-0.2, 0) is 0 Å². The largest absolute Gasteiger partial charge is 0.361 e. The normalized spacial score (nSPS) is 13.2. The van der Waals surface area contributed by atoms with E-state index >= 15 is 0 Å². The maximum Gasteiger partial charge on any atom is 0.0457 e. The van der Waals surface area contributed by atoms with Gasteiger partial charge in [-0.05, 0) is 31.0 Å². The Labute approximate surface area is 89.5 Å². The zero-order chi connectivity index (χ0) is 10.7. The molecule has 0 fully saturated rings. The number of nitrogens with two attached hydrogens (primary N) is 2. The van der Waals surface area contributed by atoms with Crippen molar-refractivity contribution in [1.29, 1.82) is 0 Å². The van der Waals surface area contributed by atoms with E-state index in [1.54, 1.807) is 0 Å². The van der Waals surface area contributed by atoms with Crippen LogP contribution in [0.5, 0.6) is 0 Å². The second-order valence-corrected chi connectivity index (χ2v) is 3.83. The van der Waals surface area contributed by atoms with Gasteiger partial charge >= 0.3 is 0 Å². The SMILES string of the molecule is NCCCC(N)c1c[nH]c2ccccc12. The molecule has 0 aliphatic heterocycles. The van der Waals surface area contributed by atoms with Crippen molar-refractivity contribution in [1.82, 2.24) is 4.98 Å². The minimum absolute atomic E-state index is 0.0877. The number of H-pyrrole nitrogens is 1. The zero-order valence-corrected chi connectivity index (χ0v) is 8.74. The van der Waals surface area contributed by atoms with Crippen LogP contribution in [0.2, 0.25) is 0 Å². The molecular weight excluding hydrogens is 186 g/mol. The van der Waals surface area contributed by atoms with Crippen LogP contribution >= 0.6 is 0 Å². The lowest BCUT2D eigenvalue weighted by Gasteiger charge is -2.09. The van der Waals surface area contributed by atoms with E-state index in [1.807, 2.05) is 18.3 Å². The van der Waals surface area contributed by atoms with Crippen molar-refractivity contribution in [2.75, 3.05) is 6.54 Å². The molecule has 15 heavy (non-hydrogen) atoms. The molecule has 0 radical (unpaired) electrons. The third-order valence-corrected chi connectivity index (χ3v) is 2.74. The van der Waals surface area contributed by atoms with Gasteiger partial charge in [0.2, 0.25) is 0 Å². The Morgan fingerprint density at radius 1 is 1.27 bits per heavy atom. The number of hydrogen-bond acceptors (Lipinski definition) is 2. The summed E-state index contributed by atoms with van der Waals surface area (Å²) >= 11 is 0. The molecule has 1 aromatic heterocycles. The summed E-state index contributed by atoms with van der Waals surface area (Å²) in [6.07, 6.45) is 3.92. The topological polar surface area (TPSA) is 67.8 Å². The minimum atomic E-state index is 0.0877. The Kier molecular flexibility index (Phi) is 3.04. The number of fused-ring (bicyclic) bond motifs is 1. The van der Waals surface area contributed by atoms with Gasteiger partial charge in [-0.1, -0.05) is 18.2 Å². The third-order valence-electron chi connectivity index (χ3n) is 2.74. The van der Waals surface area contributed by atoms with E-state index in [0.717, 1.165) is 18.4 Å². The summed E-state index contributed by atoms with van der Waals surface area (Å²) in [5, 5.41) is 1.22. The molecular formula is C12H17N3. The molecule has 3 heteroatoms. The van der Waals surface area contributed by atoms with E-state index in [-0.39, 0.29) is 6.04 Å². The second-order valence-electron chi connectivity index (χ2n) is 3.83. The zero-order valence-electron chi connectivity index (χ0n) is 8.74. The molecule has 0 saturated carbocycles. The van der Waals surface area contributed by atoms with Gasteiger partial charge in [0.1, 0.15) is 0 Å². The van der Waals surface area contributed by atoms with Crippen LogP contribution in [0.15, 0.2) is 30.5 Å². The highest BCUT2D eigenvalue weighted by molar-refractivity contribution is 5.83. The lowest BCUT2D eigenvalue weighted by atomic mass is 10.0. The van der Waals surface area contributed by atoms with E-state index < -0.39 is 0 Å². The van der Waals surface area contributed by atoms with Gasteiger partial charge in [0.05, 0.1) is 0 Å². The van der Waals surface area contributed by atoms with Crippen molar-refractivity contribution < 1.29 is 0 Å². The molecule has 0 spiro atoms. The van der Waals surface area contributed by atoms with Crippen molar-refractivity contribution in [2.45, 2.75) is 18.9 Å². The Morgan fingerprint density at radius 2 is 2.07 bits per heavy atom. The average molecular weight is 203 g/mol. The number of rotatable bonds is 4. The highest BCUT2D eigenvalue weighted by Gasteiger charge is 2.10. The molecule has 2 aromatic rings. The van der Waals surface area contributed by atoms with Gasteiger partial charge in [-0.15, -0.1) is 0 Å². The van der Waals surface area contributed by atoms with E-state index in [9.17, 15) is 0 Å². The molecule has 80 valence electrons. The smallest absolute Gasteiger partial charge is 0.0457 e. The van der Waals surface area contributed by atoms with Crippen LogP contribution in [0.1, 0.15) is 24.4 Å². The van der Waals surface area contributed by atoms with E-state index in [0.29, 0.717) is 6.54 Å². The predicted octanol–water partition coefficient (Wildman–Crippen LogP) is 1.91. The first-order valence-electron chi connectivity index (χ1n) is 5.34. The molecule has 0 bridgehead atoms. The van der Waals surface area contributed by atoms with Gasteiger partial charge in [-0.2, -0.15) is 0 Å². The summed E-state index contributed by atoms with van der Waals surface area (Å²) in [5.41, 5.74) is 13.9. The number of nitrogens with one attached hydrogen (secondary N) is 1. The molecule has 0 aliphatic carbocycles. The summed E-state index contributed by atoms with van der Waals surface area (Å²) in [4.78, 5) is 3.23. The molecule has 0 amide bonds. The molecule has 3 nitrogen and oxygen atoms in total. The Bertz CT molecular complexity index is 433. The summed E-state index contributed by atoms with van der Waals surface area (Å²) in [6.45, 7) is 0.704. The number of aromatic nitrogens is 1. The molecule has 2 rings (SSSR count). The highest BCUT2D eigenvalue weighted by atomic mass is 14.7. The summed E-state index contributed by atoms with van der Waals surface area (Å²) in [6, 6.07) is 8.31. The van der Waals surface area contributed by atoms with Crippen molar-refractivity contribution in [3.8, 4) is 0 Å². The molecule has 1 unspecified atom stereocenters. The fraction of sp³-hybridized carbons (Fsp3) is 0.333. The fourth-order valence-corrected chi connectivity index (χ4v) is 1.89. The van der Waals surface area contributed by atoms with Crippen LogP contribution in [0.25, 0.3) is 10.9 Å². The second kappa shape index (κ2) is 4.47. The number of hydrogen-bond donors (Lipinski definition) is 3. The van der Waals surface area contributed by atoms with Crippen LogP contribution in [0, 0.1) is 0 Å². The van der Waals surface area contributed by atoms with Crippen molar-refractivity contribution >= 4 is 10.9 Å². The molecule has 0 aliphatic rings. The first kappa shape index (κ1) is 10.2. The van der Waals surface area contributed by atoms with Crippen LogP contribution < -0.4 is 11.5 Å². The maximum atomic E-state index is 6.12. The quantitative estimate of drug-likeness (QED) is 0.710. The molecule has 1 atom stereocenters. The summed E-state index contributed by atoms with van der Waals surface area (Å²) in [5.74, 6) is 0. The first-order valence-corrected chi connectivity index (χ1v) is 5.34. The van der Waals surface area contributed by atoms with Gasteiger partial charge in [-0.3, -0.25) is 0 Å². The number of aromatic amines is 1. The summed E-state index contributed by atoms with van der Waals surface area (Å²) < 4.78 is 0.